The Morgan fingerprint density at radius 2 is 1.83 bits per heavy atom. The van der Waals surface area contributed by atoms with E-state index < -0.39 is 0 Å². The highest BCUT2D eigenvalue weighted by molar-refractivity contribution is 5.72. The summed E-state index contributed by atoms with van der Waals surface area (Å²) in [5.41, 5.74) is 8.57. The van der Waals surface area contributed by atoms with Crippen LogP contribution in [0.5, 0.6) is 0 Å². The van der Waals surface area contributed by atoms with E-state index in [4.69, 9.17) is 5.73 Å². The van der Waals surface area contributed by atoms with Crippen LogP contribution < -0.4 is 11.1 Å². The molecule has 122 valence electrons. The quantitative estimate of drug-likeness (QED) is 0.745. The van der Waals surface area contributed by atoms with E-state index in [1.165, 1.54) is 11.9 Å². The Labute approximate surface area is 140 Å². The van der Waals surface area contributed by atoms with E-state index in [2.05, 4.69) is 30.2 Å². The third kappa shape index (κ3) is 3.82. The second-order valence-electron chi connectivity index (χ2n) is 5.64. The number of nitrogens with two attached hydrogens (primary N) is 1. The van der Waals surface area contributed by atoms with E-state index in [1.54, 1.807) is 12.4 Å². The molecule has 0 aliphatic heterocycles. The van der Waals surface area contributed by atoms with Crippen molar-refractivity contribution in [2.24, 2.45) is 0 Å². The maximum atomic E-state index is 5.91. The molecular weight excluding hydrogens is 302 g/mol. The molecule has 0 aliphatic rings. The van der Waals surface area contributed by atoms with Gasteiger partial charge in [0.15, 0.2) is 0 Å². The minimum atomic E-state index is 0.438. The standard InChI is InChI=1S/C17H19N7/c1-24(2)10-12-5-7-19-15(8-12)23-16-9-14(21-11-22-16)13-4-3-6-20-17(13)18/h3-9,11H,10H2,1-2H3,(H2,18,20)(H,19,21,22,23). The van der Waals surface area contributed by atoms with Crippen molar-refractivity contribution in [2.45, 2.75) is 6.54 Å². The summed E-state index contributed by atoms with van der Waals surface area (Å²) in [7, 11) is 4.06. The van der Waals surface area contributed by atoms with Gasteiger partial charge in [0.05, 0.1) is 5.69 Å². The Hall–Kier alpha value is -3.06. The van der Waals surface area contributed by atoms with Gasteiger partial charge in [-0.2, -0.15) is 0 Å². The van der Waals surface area contributed by atoms with Crippen molar-refractivity contribution in [1.82, 2.24) is 24.8 Å². The smallest absolute Gasteiger partial charge is 0.135 e. The first-order valence-electron chi connectivity index (χ1n) is 7.51. The van der Waals surface area contributed by atoms with Gasteiger partial charge < -0.3 is 16.0 Å². The zero-order chi connectivity index (χ0) is 16.9. The molecule has 0 fully saturated rings. The Balaban J connectivity index is 1.84. The predicted molar refractivity (Wildman–Crippen MR) is 94.6 cm³/mol. The fraction of sp³-hybridized carbons (Fsp3) is 0.176. The molecule has 3 aromatic heterocycles. The lowest BCUT2D eigenvalue weighted by atomic mass is 10.2. The van der Waals surface area contributed by atoms with Crippen LogP contribution in [0.15, 0.2) is 49.1 Å². The van der Waals surface area contributed by atoms with Crippen molar-refractivity contribution < 1.29 is 0 Å². The van der Waals surface area contributed by atoms with E-state index in [9.17, 15) is 0 Å². The maximum Gasteiger partial charge on any atom is 0.135 e. The van der Waals surface area contributed by atoms with Gasteiger partial charge in [-0.3, -0.25) is 0 Å². The molecule has 3 heterocycles. The zero-order valence-corrected chi connectivity index (χ0v) is 13.6. The summed E-state index contributed by atoms with van der Waals surface area (Å²) in [6.45, 7) is 0.846. The highest BCUT2D eigenvalue weighted by atomic mass is 15.1. The molecule has 0 saturated heterocycles. The highest BCUT2D eigenvalue weighted by Gasteiger charge is 2.07. The number of rotatable bonds is 5. The molecule has 0 aromatic carbocycles. The van der Waals surface area contributed by atoms with E-state index in [-0.39, 0.29) is 0 Å². The van der Waals surface area contributed by atoms with Crippen molar-refractivity contribution in [3.8, 4) is 11.3 Å². The summed E-state index contributed by atoms with van der Waals surface area (Å²) < 4.78 is 0. The Morgan fingerprint density at radius 3 is 2.62 bits per heavy atom. The molecule has 0 aliphatic carbocycles. The molecule has 24 heavy (non-hydrogen) atoms. The summed E-state index contributed by atoms with van der Waals surface area (Å²) in [5, 5.41) is 3.21. The molecular formula is C17H19N7. The molecule has 0 unspecified atom stereocenters. The van der Waals surface area contributed by atoms with Crippen LogP contribution in [0.3, 0.4) is 0 Å². The first-order chi connectivity index (χ1) is 11.6. The summed E-state index contributed by atoms with van der Waals surface area (Å²) >= 11 is 0. The number of aromatic nitrogens is 4. The number of nitrogen functional groups attached to an aromatic ring is 1. The number of hydrogen-bond acceptors (Lipinski definition) is 7. The minimum absolute atomic E-state index is 0.438. The van der Waals surface area contributed by atoms with Crippen molar-refractivity contribution in [1.29, 1.82) is 0 Å². The first kappa shape index (κ1) is 15.8. The number of hydrogen-bond donors (Lipinski definition) is 2. The molecule has 3 rings (SSSR count). The Morgan fingerprint density at radius 1 is 1.00 bits per heavy atom. The topological polar surface area (TPSA) is 92.9 Å². The second kappa shape index (κ2) is 7.01. The zero-order valence-electron chi connectivity index (χ0n) is 13.6. The monoisotopic (exact) mass is 321 g/mol. The molecule has 7 heteroatoms. The highest BCUT2D eigenvalue weighted by Crippen LogP contribution is 2.24. The number of nitrogens with zero attached hydrogens (tertiary/aromatic N) is 5. The third-order valence-electron chi connectivity index (χ3n) is 3.36. The minimum Gasteiger partial charge on any atom is -0.383 e. The first-order valence-corrected chi connectivity index (χ1v) is 7.51. The molecule has 0 atom stereocenters. The SMILES string of the molecule is CN(C)Cc1ccnc(Nc2cc(-c3cccnc3N)ncn2)c1. The van der Waals surface area contributed by atoms with Crippen LogP contribution in [0.2, 0.25) is 0 Å². The van der Waals surface area contributed by atoms with Crippen LogP contribution in [0.1, 0.15) is 5.56 Å². The molecule has 0 saturated carbocycles. The fourth-order valence-corrected chi connectivity index (χ4v) is 2.34. The average Bonchev–Trinajstić information content (AvgIpc) is 2.55. The molecule has 0 amide bonds. The van der Waals surface area contributed by atoms with Crippen LogP contribution in [0.4, 0.5) is 17.5 Å². The normalized spacial score (nSPS) is 10.8. The summed E-state index contributed by atoms with van der Waals surface area (Å²) in [6.07, 6.45) is 4.93. The molecule has 3 N–H and O–H groups in total. The van der Waals surface area contributed by atoms with Gasteiger partial charge in [-0.25, -0.2) is 19.9 Å². The van der Waals surface area contributed by atoms with Gasteiger partial charge in [0, 0.05) is 30.6 Å². The van der Waals surface area contributed by atoms with Crippen molar-refractivity contribution in [3.63, 3.8) is 0 Å². The molecule has 3 aromatic rings. The van der Waals surface area contributed by atoms with Crippen LogP contribution >= 0.6 is 0 Å². The third-order valence-corrected chi connectivity index (χ3v) is 3.36. The molecule has 0 bridgehead atoms. The van der Waals surface area contributed by atoms with E-state index in [1.807, 2.05) is 44.4 Å². The number of pyridine rings is 2. The lowest BCUT2D eigenvalue weighted by molar-refractivity contribution is 0.402. The van der Waals surface area contributed by atoms with Crippen LogP contribution in [0.25, 0.3) is 11.3 Å². The van der Waals surface area contributed by atoms with Crippen LogP contribution in [0, 0.1) is 0 Å². The molecule has 7 nitrogen and oxygen atoms in total. The van der Waals surface area contributed by atoms with Crippen LogP contribution in [-0.4, -0.2) is 38.9 Å². The van der Waals surface area contributed by atoms with Crippen LogP contribution in [-0.2, 0) is 6.54 Å². The van der Waals surface area contributed by atoms with Gasteiger partial charge in [-0.15, -0.1) is 0 Å². The predicted octanol–water partition coefficient (Wildman–Crippen LogP) is 2.32. The summed E-state index contributed by atoms with van der Waals surface area (Å²) in [4.78, 5) is 19.0. The molecule has 0 radical (unpaired) electrons. The van der Waals surface area contributed by atoms with Crippen molar-refractivity contribution >= 4 is 17.5 Å². The van der Waals surface area contributed by atoms with Gasteiger partial charge in [-0.1, -0.05) is 0 Å². The molecule has 0 spiro atoms. The lowest BCUT2D eigenvalue weighted by Crippen LogP contribution is -2.11. The van der Waals surface area contributed by atoms with E-state index in [0.717, 1.165) is 17.9 Å². The van der Waals surface area contributed by atoms with Gasteiger partial charge in [0.1, 0.15) is 23.8 Å². The fourth-order valence-electron chi connectivity index (χ4n) is 2.34. The van der Waals surface area contributed by atoms with Crippen molar-refractivity contribution in [2.75, 3.05) is 25.1 Å². The van der Waals surface area contributed by atoms with Gasteiger partial charge >= 0.3 is 0 Å². The van der Waals surface area contributed by atoms with Crippen molar-refractivity contribution in [3.05, 3.63) is 54.6 Å². The summed E-state index contributed by atoms with van der Waals surface area (Å²) in [5.74, 6) is 1.82. The second-order valence-corrected chi connectivity index (χ2v) is 5.64. The largest absolute Gasteiger partial charge is 0.383 e. The van der Waals surface area contributed by atoms with E-state index in [0.29, 0.717) is 17.3 Å². The Bertz CT molecular complexity index is 832. The van der Waals surface area contributed by atoms with E-state index >= 15 is 0 Å². The number of nitrogens with one attached hydrogen (secondary N) is 1. The summed E-state index contributed by atoms with van der Waals surface area (Å²) in [6, 6.07) is 9.53. The average molecular weight is 321 g/mol. The van der Waals surface area contributed by atoms with Gasteiger partial charge in [0.25, 0.3) is 0 Å². The van der Waals surface area contributed by atoms with Gasteiger partial charge in [-0.05, 0) is 43.9 Å². The van der Waals surface area contributed by atoms with Gasteiger partial charge in [0.2, 0.25) is 0 Å². The Kier molecular flexibility index (Phi) is 4.62. The maximum absolute atomic E-state index is 5.91. The lowest BCUT2D eigenvalue weighted by Gasteiger charge is -2.11. The number of anilines is 3.